The number of aromatic nitrogens is 2. The van der Waals surface area contributed by atoms with E-state index in [2.05, 4.69) is 40.9 Å². The van der Waals surface area contributed by atoms with E-state index in [0.717, 1.165) is 5.56 Å². The number of nitriles is 1. The van der Waals surface area contributed by atoms with Crippen molar-refractivity contribution in [3.8, 4) is 17.5 Å². The number of amides is 2. The van der Waals surface area contributed by atoms with Crippen LogP contribution in [0.25, 0.3) is 11.5 Å². The molecule has 2 N–H and O–H groups in total. The van der Waals surface area contributed by atoms with E-state index < -0.39 is 23.2 Å². The third-order valence-corrected chi connectivity index (χ3v) is 4.40. The Morgan fingerprint density at radius 3 is 2.28 bits per heavy atom. The van der Waals surface area contributed by atoms with Crippen LogP contribution < -0.4 is 10.6 Å². The maximum atomic E-state index is 12.8. The molecule has 0 aliphatic heterocycles. The van der Waals surface area contributed by atoms with Gasteiger partial charge in [0.05, 0.1) is 6.07 Å². The highest BCUT2D eigenvalue weighted by Crippen LogP contribution is 2.28. The van der Waals surface area contributed by atoms with Gasteiger partial charge in [0.2, 0.25) is 17.7 Å². The normalized spacial score (nSPS) is 11.5. The average molecular weight is 526 g/mol. The predicted molar refractivity (Wildman–Crippen MR) is 148 cm³/mol. The minimum absolute atomic E-state index is 0. The molecule has 1 aromatic heterocycles. The van der Waals surface area contributed by atoms with E-state index in [1.165, 1.54) is 0 Å². The van der Waals surface area contributed by atoms with Crippen LogP contribution in [-0.4, -0.2) is 54.7 Å². The smallest absolute Gasteiger partial charge is 0.408 e. The Balaban J connectivity index is -0.00000163. The minimum atomic E-state index is -0.908. The van der Waals surface area contributed by atoms with Gasteiger partial charge in [-0.2, -0.15) is 5.26 Å². The van der Waals surface area contributed by atoms with Crippen molar-refractivity contribution < 1.29 is 26.3 Å². The van der Waals surface area contributed by atoms with E-state index in [-0.39, 0.29) is 20.5 Å². The fourth-order valence-electron chi connectivity index (χ4n) is 2.55. The molecule has 2 atom stereocenters. The monoisotopic (exact) mass is 525 g/mol. The second-order valence-corrected chi connectivity index (χ2v) is 9.18. The maximum absolute atomic E-state index is 12.8. The maximum Gasteiger partial charge on any atom is 0.408 e. The van der Waals surface area contributed by atoms with Crippen molar-refractivity contribution in [2.45, 2.75) is 71.9 Å². The lowest BCUT2D eigenvalue weighted by Gasteiger charge is -2.23. The molecule has 10 nitrogen and oxygen atoms in total. The summed E-state index contributed by atoms with van der Waals surface area (Å²) in [4.78, 5) is 24.8. The molecule has 1 heterocycles. The summed E-state index contributed by atoms with van der Waals surface area (Å²) in [6.45, 7) is 14.2. The Morgan fingerprint density at radius 2 is 1.78 bits per heavy atom. The van der Waals surface area contributed by atoms with Crippen molar-refractivity contribution in [3.05, 3.63) is 29.7 Å². The lowest BCUT2D eigenvalue weighted by Crippen LogP contribution is -2.45. The van der Waals surface area contributed by atoms with Gasteiger partial charge < -0.3 is 24.5 Å². The van der Waals surface area contributed by atoms with Crippen LogP contribution in [-0.2, 0) is 19.7 Å². The Labute approximate surface area is 219 Å². The number of hydrogen-bond acceptors (Lipinski definition) is 8. The first-order valence-electron chi connectivity index (χ1n) is 11.4. The number of anilines is 1. The Hall–Kier alpha value is -3.02. The number of nitrogens with one attached hydrogen (secondary N) is 2. The van der Waals surface area contributed by atoms with Gasteiger partial charge in [0.1, 0.15) is 17.1 Å². The zero-order valence-electron chi connectivity index (χ0n) is 23.0. The molecule has 0 radical (unpaired) electrons. The molecule has 0 aliphatic carbocycles. The molecular weight excluding hydrogens is 481 g/mol. The molecule has 0 bridgehead atoms. The topological polar surface area (TPSA) is 139 Å². The summed E-state index contributed by atoms with van der Waals surface area (Å²) in [6.07, 6.45) is -0.265. The molecule has 11 heteroatoms. The summed E-state index contributed by atoms with van der Waals surface area (Å²) < 4.78 is 15.1. The highest BCUT2D eigenvalue weighted by atomic mass is 31.0. The van der Waals surface area contributed by atoms with Crippen molar-refractivity contribution >= 4 is 26.9 Å². The van der Waals surface area contributed by atoms with E-state index in [9.17, 15) is 14.9 Å². The van der Waals surface area contributed by atoms with Crippen LogP contribution in [0.15, 0.2) is 22.6 Å². The average Bonchev–Trinajstić information content (AvgIpc) is 3.31. The standard InChI is InChI=1S/C22H29N5O4.C2H6O.CH5P.2H2/c1-8-15(25-20(29)31-21(3,4)5)17(28)24-16-11-14(10-9-13(16)2)18-26-27-19(30-18)22(6,7)12-23;1-3-2;1-2;;/h9-11,15H,8H2,1-7H3,(H,24,28)(H,25,29);1-2H3;2H2,1H3;2*1H/t15-;;;;/m0..../s1. The molecule has 0 aliphatic rings. The van der Waals surface area contributed by atoms with Crippen molar-refractivity contribution in [1.82, 2.24) is 15.5 Å². The van der Waals surface area contributed by atoms with Gasteiger partial charge in [-0.05, 0) is 65.7 Å². The third kappa shape index (κ3) is 10.7. The van der Waals surface area contributed by atoms with Gasteiger partial charge in [0.25, 0.3) is 0 Å². The van der Waals surface area contributed by atoms with Crippen LogP contribution in [0, 0.1) is 18.3 Å². The number of aryl methyl sites for hydroxylation is 1. The molecule has 36 heavy (non-hydrogen) atoms. The Kier molecular flexibility index (Phi) is 13.9. The summed E-state index contributed by atoms with van der Waals surface area (Å²) in [7, 11) is 5.67. The van der Waals surface area contributed by atoms with E-state index in [1.807, 2.05) is 19.7 Å². The summed E-state index contributed by atoms with van der Waals surface area (Å²) in [5.41, 5.74) is 0.399. The van der Waals surface area contributed by atoms with Crippen LogP contribution in [0.4, 0.5) is 10.5 Å². The predicted octanol–water partition coefficient (Wildman–Crippen LogP) is 5.33. The molecule has 0 saturated carbocycles. The quantitative estimate of drug-likeness (QED) is 0.482. The van der Waals surface area contributed by atoms with Crippen molar-refractivity contribution in [3.63, 3.8) is 0 Å². The number of nitrogens with zero attached hydrogens (tertiary/aromatic N) is 3. The molecule has 204 valence electrons. The zero-order valence-corrected chi connectivity index (χ0v) is 24.1. The van der Waals surface area contributed by atoms with Gasteiger partial charge in [-0.1, -0.05) is 19.7 Å². The van der Waals surface area contributed by atoms with E-state index in [4.69, 9.17) is 9.15 Å². The molecule has 0 spiro atoms. The molecule has 0 saturated heterocycles. The van der Waals surface area contributed by atoms with Crippen LogP contribution in [0.5, 0.6) is 0 Å². The molecular formula is C25H44N5O5P. The summed E-state index contributed by atoms with van der Waals surface area (Å²) >= 11 is 0. The van der Waals surface area contributed by atoms with Crippen molar-refractivity contribution in [1.29, 1.82) is 5.26 Å². The van der Waals surface area contributed by atoms with Gasteiger partial charge in [0.15, 0.2) is 0 Å². The fraction of sp³-hybridized carbons (Fsp3) is 0.560. The van der Waals surface area contributed by atoms with Crippen LogP contribution in [0.1, 0.15) is 62.3 Å². The van der Waals surface area contributed by atoms with Crippen molar-refractivity contribution in [2.75, 3.05) is 26.2 Å². The number of benzene rings is 1. The Bertz CT molecular complexity index is 1040. The van der Waals surface area contributed by atoms with Gasteiger partial charge in [-0.3, -0.25) is 4.79 Å². The number of ether oxygens (including phenoxy) is 2. The second-order valence-electron chi connectivity index (χ2n) is 9.18. The SMILES string of the molecule is CC[C@H](NC(=O)OC(C)(C)C)C(=O)Nc1cc(-c2nnc(C(C)(C)C#N)o2)ccc1C.COC.CP.[HH].[HH]. The largest absolute Gasteiger partial charge is 0.444 e. The van der Waals surface area contributed by atoms with E-state index >= 15 is 0 Å². The summed E-state index contributed by atoms with van der Waals surface area (Å²) in [5.74, 6) is 0.0851. The van der Waals surface area contributed by atoms with Gasteiger partial charge >= 0.3 is 6.09 Å². The summed E-state index contributed by atoms with van der Waals surface area (Å²) in [5, 5.41) is 22.7. The molecule has 2 aromatic rings. The Morgan fingerprint density at radius 1 is 1.19 bits per heavy atom. The summed E-state index contributed by atoms with van der Waals surface area (Å²) in [6, 6.07) is 6.67. The molecule has 1 aromatic carbocycles. The highest BCUT2D eigenvalue weighted by molar-refractivity contribution is 7.15. The van der Waals surface area contributed by atoms with Crippen molar-refractivity contribution in [2.24, 2.45) is 0 Å². The molecule has 2 amide bonds. The number of methoxy groups -OCH3 is 1. The lowest BCUT2D eigenvalue weighted by atomic mass is 9.96. The first-order valence-corrected chi connectivity index (χ1v) is 12.6. The van der Waals surface area contributed by atoms with Crippen LogP contribution in [0.2, 0.25) is 0 Å². The first kappa shape index (κ1) is 33.0. The van der Waals surface area contributed by atoms with E-state index in [0.29, 0.717) is 17.7 Å². The number of carbonyl (C=O) groups excluding carboxylic acids is 2. The van der Waals surface area contributed by atoms with Crippen LogP contribution >= 0.6 is 9.24 Å². The van der Waals surface area contributed by atoms with E-state index in [1.54, 1.807) is 67.9 Å². The third-order valence-electron chi connectivity index (χ3n) is 4.40. The zero-order chi connectivity index (χ0) is 28.1. The minimum Gasteiger partial charge on any atom is -0.444 e. The highest BCUT2D eigenvalue weighted by Gasteiger charge is 2.28. The second kappa shape index (κ2) is 15.2. The molecule has 1 unspecified atom stereocenters. The lowest BCUT2D eigenvalue weighted by molar-refractivity contribution is -0.118. The first-order chi connectivity index (χ1) is 16.8. The van der Waals surface area contributed by atoms with Crippen LogP contribution in [0.3, 0.4) is 0 Å². The molecule has 2 rings (SSSR count). The number of alkyl carbamates (subject to hydrolysis) is 1. The number of rotatable bonds is 6. The van der Waals surface area contributed by atoms with Gasteiger partial charge in [0, 0.05) is 28.3 Å². The molecule has 0 fully saturated rings. The van der Waals surface area contributed by atoms with Gasteiger partial charge in [-0.25, -0.2) is 4.79 Å². The van der Waals surface area contributed by atoms with Gasteiger partial charge in [-0.15, -0.1) is 19.4 Å². The fourth-order valence-corrected chi connectivity index (χ4v) is 2.55. The number of carbonyl (C=O) groups is 2. The number of hydrogen-bond donors (Lipinski definition) is 2.